The highest BCUT2D eigenvalue weighted by Crippen LogP contribution is 2.18. The summed E-state index contributed by atoms with van der Waals surface area (Å²) < 4.78 is 41.7. The van der Waals surface area contributed by atoms with Crippen LogP contribution in [0, 0.1) is 0 Å². The van der Waals surface area contributed by atoms with Crippen molar-refractivity contribution in [3.63, 3.8) is 0 Å². The second kappa shape index (κ2) is 36.6. The lowest BCUT2D eigenvalue weighted by atomic mass is 10.1. The van der Waals surface area contributed by atoms with Crippen molar-refractivity contribution in [2.24, 2.45) is 0 Å². The average molecular weight is 647 g/mol. The van der Waals surface area contributed by atoms with Crippen LogP contribution in [-0.2, 0) is 33.2 Å². The first-order chi connectivity index (χ1) is 22.1. The van der Waals surface area contributed by atoms with Gasteiger partial charge in [0.1, 0.15) is 0 Å². The summed E-state index contributed by atoms with van der Waals surface area (Å²) in [7, 11) is 3.47. The second-order valence-electron chi connectivity index (χ2n) is 12.6. The van der Waals surface area contributed by atoms with Crippen molar-refractivity contribution in [3.8, 4) is 0 Å². The minimum absolute atomic E-state index is 0.0505. The van der Waals surface area contributed by atoms with E-state index in [-0.39, 0.29) is 25.2 Å². The Morgan fingerprint density at radius 2 is 0.578 bits per heavy atom. The van der Waals surface area contributed by atoms with Gasteiger partial charge in [0.25, 0.3) is 0 Å². The Balaban J connectivity index is 4.17. The molecule has 0 aromatic heterocycles. The molecule has 2 unspecified atom stereocenters. The third-order valence-corrected chi connectivity index (χ3v) is 8.30. The van der Waals surface area contributed by atoms with E-state index in [1.807, 2.05) is 0 Å². The molecule has 0 radical (unpaired) electrons. The molecule has 0 fully saturated rings. The summed E-state index contributed by atoms with van der Waals surface area (Å²) in [6.07, 6.45) is 26.5. The summed E-state index contributed by atoms with van der Waals surface area (Å²) in [6.45, 7) is 12.1. The topological polar surface area (TPSA) is 64.6 Å². The minimum atomic E-state index is -0.220. The van der Waals surface area contributed by atoms with Crippen LogP contribution in [0.4, 0.5) is 0 Å². The molecule has 0 heterocycles. The van der Waals surface area contributed by atoms with E-state index in [1.54, 1.807) is 14.2 Å². The molecular formula is C38H78O7. The monoisotopic (exact) mass is 647 g/mol. The molecule has 272 valence electrons. The molecule has 0 aliphatic heterocycles. The van der Waals surface area contributed by atoms with Crippen LogP contribution in [0.15, 0.2) is 0 Å². The van der Waals surface area contributed by atoms with Crippen LogP contribution in [0.3, 0.4) is 0 Å². The number of unbranched alkanes of at least 4 members (excludes halogenated alkanes) is 14. The first-order valence-corrected chi connectivity index (χ1v) is 19.3. The number of hydrogen-bond acceptors (Lipinski definition) is 7. The van der Waals surface area contributed by atoms with Gasteiger partial charge in [-0.3, -0.25) is 0 Å². The normalized spacial score (nSPS) is 13.3. The van der Waals surface area contributed by atoms with Gasteiger partial charge in [0, 0.05) is 40.6 Å². The zero-order valence-electron chi connectivity index (χ0n) is 31.0. The number of ether oxygens (including phenoxy) is 7. The molecule has 0 rings (SSSR count). The molecule has 45 heavy (non-hydrogen) atoms. The summed E-state index contributed by atoms with van der Waals surface area (Å²) in [4.78, 5) is 0. The third kappa shape index (κ3) is 30.8. The Morgan fingerprint density at radius 1 is 0.311 bits per heavy atom. The lowest BCUT2D eigenvalue weighted by Gasteiger charge is -2.23. The Labute approximate surface area is 280 Å². The Kier molecular flexibility index (Phi) is 36.3. The van der Waals surface area contributed by atoms with E-state index in [0.29, 0.717) is 0 Å². The standard InChI is InChI=1S/C38H78O7/c1-7-11-23-31-41-37(42-32-24-12-8-2)29-21-17-15-19-27-35(39-5)45-36(40-6)28-20-16-18-22-30-38(43-33-25-13-9-3)44-34-26-14-10-4/h35-38H,7-34H2,1-6H3. The van der Waals surface area contributed by atoms with Crippen molar-refractivity contribution in [3.05, 3.63) is 0 Å². The van der Waals surface area contributed by atoms with Crippen LogP contribution < -0.4 is 0 Å². The predicted molar refractivity (Wildman–Crippen MR) is 188 cm³/mol. The lowest BCUT2D eigenvalue weighted by molar-refractivity contribution is -0.233. The van der Waals surface area contributed by atoms with Crippen molar-refractivity contribution >= 4 is 0 Å². The Morgan fingerprint density at radius 3 is 0.822 bits per heavy atom. The quantitative estimate of drug-likeness (QED) is 0.0488. The van der Waals surface area contributed by atoms with Gasteiger partial charge >= 0.3 is 0 Å². The maximum atomic E-state index is 6.17. The Bertz CT molecular complexity index is 480. The van der Waals surface area contributed by atoms with Crippen molar-refractivity contribution < 1.29 is 33.2 Å². The van der Waals surface area contributed by atoms with Gasteiger partial charge < -0.3 is 33.2 Å². The van der Waals surface area contributed by atoms with Gasteiger partial charge in [-0.05, 0) is 77.0 Å². The molecule has 0 aliphatic rings. The third-order valence-electron chi connectivity index (χ3n) is 8.30. The fourth-order valence-electron chi connectivity index (χ4n) is 5.30. The molecule has 0 N–H and O–H groups in total. The van der Waals surface area contributed by atoms with E-state index >= 15 is 0 Å². The summed E-state index contributed by atoms with van der Waals surface area (Å²) in [5.74, 6) is 0. The first kappa shape index (κ1) is 44.7. The highest BCUT2D eigenvalue weighted by molar-refractivity contribution is 4.56. The number of methoxy groups -OCH3 is 2. The second-order valence-corrected chi connectivity index (χ2v) is 12.6. The van der Waals surface area contributed by atoms with Gasteiger partial charge in [0.2, 0.25) is 0 Å². The van der Waals surface area contributed by atoms with E-state index in [4.69, 9.17) is 33.2 Å². The van der Waals surface area contributed by atoms with Gasteiger partial charge in [0.05, 0.1) is 0 Å². The molecule has 0 saturated heterocycles. The van der Waals surface area contributed by atoms with Crippen LogP contribution in [-0.4, -0.2) is 65.8 Å². The average Bonchev–Trinajstić information content (AvgIpc) is 3.06. The van der Waals surface area contributed by atoms with E-state index in [2.05, 4.69) is 27.7 Å². The summed E-state index contributed by atoms with van der Waals surface area (Å²) in [5.41, 5.74) is 0. The van der Waals surface area contributed by atoms with Crippen molar-refractivity contribution in [1.29, 1.82) is 0 Å². The molecule has 0 aromatic carbocycles. The van der Waals surface area contributed by atoms with Crippen molar-refractivity contribution in [1.82, 2.24) is 0 Å². The minimum Gasteiger partial charge on any atom is -0.356 e. The summed E-state index contributed by atoms with van der Waals surface area (Å²) in [6, 6.07) is 0. The van der Waals surface area contributed by atoms with Gasteiger partial charge in [0.15, 0.2) is 25.2 Å². The maximum absolute atomic E-state index is 6.17. The van der Waals surface area contributed by atoms with E-state index in [1.165, 1.54) is 64.2 Å². The van der Waals surface area contributed by atoms with Crippen LogP contribution in [0.1, 0.15) is 182 Å². The molecule has 0 amide bonds. The zero-order chi connectivity index (χ0) is 33.1. The fourth-order valence-corrected chi connectivity index (χ4v) is 5.30. The molecule has 0 bridgehead atoms. The largest absolute Gasteiger partial charge is 0.356 e. The SMILES string of the molecule is CCCCCOC(CCCCCCC(OC)OC(CCCCCCC(OCCCCC)OCCCCC)OC)OCCCCC. The zero-order valence-corrected chi connectivity index (χ0v) is 31.0. The molecule has 0 spiro atoms. The van der Waals surface area contributed by atoms with Crippen molar-refractivity contribution in [2.45, 2.75) is 207 Å². The van der Waals surface area contributed by atoms with E-state index < -0.39 is 0 Å². The van der Waals surface area contributed by atoms with E-state index in [0.717, 1.165) is 116 Å². The molecule has 7 nitrogen and oxygen atoms in total. The number of hydrogen-bond donors (Lipinski definition) is 0. The molecular weight excluding hydrogens is 568 g/mol. The molecule has 0 aliphatic carbocycles. The van der Waals surface area contributed by atoms with Crippen LogP contribution in [0.5, 0.6) is 0 Å². The van der Waals surface area contributed by atoms with Crippen LogP contribution >= 0.6 is 0 Å². The molecule has 2 atom stereocenters. The molecule has 0 aromatic rings. The maximum Gasteiger partial charge on any atom is 0.160 e. The first-order valence-electron chi connectivity index (χ1n) is 19.3. The Hall–Kier alpha value is -0.280. The van der Waals surface area contributed by atoms with Gasteiger partial charge in [-0.15, -0.1) is 0 Å². The van der Waals surface area contributed by atoms with Crippen molar-refractivity contribution in [2.75, 3.05) is 40.6 Å². The molecule has 0 saturated carbocycles. The summed E-state index contributed by atoms with van der Waals surface area (Å²) >= 11 is 0. The van der Waals surface area contributed by atoms with Gasteiger partial charge in [-0.1, -0.05) is 105 Å². The van der Waals surface area contributed by atoms with Gasteiger partial charge in [-0.25, -0.2) is 0 Å². The van der Waals surface area contributed by atoms with Crippen LogP contribution in [0.2, 0.25) is 0 Å². The lowest BCUT2D eigenvalue weighted by Crippen LogP contribution is -2.25. The number of rotatable bonds is 38. The highest BCUT2D eigenvalue weighted by Gasteiger charge is 2.16. The molecule has 7 heteroatoms. The van der Waals surface area contributed by atoms with E-state index in [9.17, 15) is 0 Å². The summed E-state index contributed by atoms with van der Waals surface area (Å²) in [5, 5.41) is 0. The highest BCUT2D eigenvalue weighted by atomic mass is 16.8. The predicted octanol–water partition coefficient (Wildman–Crippen LogP) is 11.1. The smallest absolute Gasteiger partial charge is 0.160 e. The fraction of sp³-hybridized carbons (Fsp3) is 1.00. The van der Waals surface area contributed by atoms with Crippen LogP contribution in [0.25, 0.3) is 0 Å². The van der Waals surface area contributed by atoms with Gasteiger partial charge in [-0.2, -0.15) is 0 Å².